The van der Waals surface area contributed by atoms with Crippen molar-refractivity contribution >= 4 is 0 Å². The van der Waals surface area contributed by atoms with Gasteiger partial charge < -0.3 is 29.6 Å². The SMILES string of the molecule is C1CNCCOCCOCCNCCOCOC1. The van der Waals surface area contributed by atoms with Gasteiger partial charge in [0.15, 0.2) is 0 Å². The van der Waals surface area contributed by atoms with Crippen LogP contribution in [0.15, 0.2) is 0 Å². The van der Waals surface area contributed by atoms with Crippen molar-refractivity contribution in [3.8, 4) is 0 Å². The van der Waals surface area contributed by atoms with E-state index in [1.165, 1.54) is 0 Å². The lowest BCUT2D eigenvalue weighted by Crippen LogP contribution is -2.26. The third-order valence-electron chi connectivity index (χ3n) is 2.45. The maximum atomic E-state index is 5.42. The van der Waals surface area contributed by atoms with Crippen LogP contribution in [0.2, 0.25) is 0 Å². The Morgan fingerprint density at radius 1 is 0.500 bits per heavy atom. The van der Waals surface area contributed by atoms with Crippen LogP contribution in [-0.4, -0.2) is 72.6 Å². The molecule has 1 aliphatic rings. The van der Waals surface area contributed by atoms with Gasteiger partial charge in [-0.3, -0.25) is 0 Å². The molecule has 6 heteroatoms. The topological polar surface area (TPSA) is 61.0 Å². The zero-order valence-electron chi connectivity index (χ0n) is 11.1. The fourth-order valence-electron chi connectivity index (χ4n) is 1.48. The van der Waals surface area contributed by atoms with Crippen LogP contribution in [0.4, 0.5) is 0 Å². The molecule has 0 spiro atoms. The van der Waals surface area contributed by atoms with Gasteiger partial charge in [-0.05, 0) is 13.0 Å². The number of hydrogen-bond donors (Lipinski definition) is 2. The van der Waals surface area contributed by atoms with Crippen molar-refractivity contribution in [2.24, 2.45) is 0 Å². The van der Waals surface area contributed by atoms with Gasteiger partial charge in [-0.2, -0.15) is 0 Å². The van der Waals surface area contributed by atoms with Crippen LogP contribution in [0, 0.1) is 0 Å². The Balaban J connectivity index is 2.00. The van der Waals surface area contributed by atoms with E-state index < -0.39 is 0 Å². The summed E-state index contributed by atoms with van der Waals surface area (Å²) in [5, 5.41) is 6.53. The predicted molar refractivity (Wildman–Crippen MR) is 68.8 cm³/mol. The molecule has 0 radical (unpaired) electrons. The van der Waals surface area contributed by atoms with Gasteiger partial charge >= 0.3 is 0 Å². The minimum absolute atomic E-state index is 0.376. The van der Waals surface area contributed by atoms with Gasteiger partial charge in [0.05, 0.1) is 39.6 Å². The molecule has 1 aliphatic heterocycles. The average molecular weight is 262 g/mol. The van der Waals surface area contributed by atoms with E-state index in [-0.39, 0.29) is 0 Å². The van der Waals surface area contributed by atoms with Gasteiger partial charge in [0.1, 0.15) is 6.79 Å². The van der Waals surface area contributed by atoms with Gasteiger partial charge in [-0.15, -0.1) is 0 Å². The first-order valence-electron chi connectivity index (χ1n) is 6.72. The van der Waals surface area contributed by atoms with E-state index in [9.17, 15) is 0 Å². The van der Waals surface area contributed by atoms with Crippen molar-refractivity contribution in [1.29, 1.82) is 0 Å². The summed E-state index contributed by atoms with van der Waals surface area (Å²) in [5.41, 5.74) is 0. The smallest absolute Gasteiger partial charge is 0.146 e. The molecule has 0 atom stereocenters. The normalized spacial score (nSPS) is 24.0. The zero-order valence-corrected chi connectivity index (χ0v) is 11.1. The van der Waals surface area contributed by atoms with E-state index in [4.69, 9.17) is 18.9 Å². The Morgan fingerprint density at radius 2 is 1.06 bits per heavy atom. The first-order valence-corrected chi connectivity index (χ1v) is 6.72. The molecular formula is C12H26N2O4. The molecule has 1 saturated heterocycles. The first kappa shape index (κ1) is 15.8. The van der Waals surface area contributed by atoms with Crippen LogP contribution in [0.25, 0.3) is 0 Å². The highest BCUT2D eigenvalue weighted by molar-refractivity contribution is 4.47. The molecule has 1 rings (SSSR count). The summed E-state index contributed by atoms with van der Waals surface area (Å²) in [7, 11) is 0. The average Bonchev–Trinajstić information content (AvgIpc) is 2.39. The zero-order chi connectivity index (χ0) is 12.7. The second-order valence-corrected chi connectivity index (χ2v) is 4.01. The summed E-state index contributed by atoms with van der Waals surface area (Å²) < 4.78 is 21.5. The van der Waals surface area contributed by atoms with E-state index in [0.29, 0.717) is 33.2 Å². The molecule has 0 bridgehead atoms. The van der Waals surface area contributed by atoms with Crippen molar-refractivity contribution < 1.29 is 18.9 Å². The second kappa shape index (κ2) is 13.2. The number of hydrogen-bond acceptors (Lipinski definition) is 6. The molecule has 0 unspecified atom stereocenters. The number of rotatable bonds is 0. The highest BCUT2D eigenvalue weighted by atomic mass is 16.7. The Hall–Kier alpha value is -0.240. The number of ether oxygens (including phenoxy) is 4. The van der Waals surface area contributed by atoms with Crippen LogP contribution in [-0.2, 0) is 18.9 Å². The summed E-state index contributed by atoms with van der Waals surface area (Å²) in [6.45, 7) is 8.01. The fourth-order valence-corrected chi connectivity index (χ4v) is 1.48. The van der Waals surface area contributed by atoms with Crippen LogP contribution < -0.4 is 10.6 Å². The summed E-state index contributed by atoms with van der Waals surface area (Å²) in [6.07, 6.45) is 0.991. The van der Waals surface area contributed by atoms with Crippen LogP contribution in [0.1, 0.15) is 6.42 Å². The van der Waals surface area contributed by atoms with Gasteiger partial charge in [-0.1, -0.05) is 0 Å². The predicted octanol–water partition coefficient (Wildman–Crippen LogP) is -0.407. The Labute approximate surface area is 109 Å². The van der Waals surface area contributed by atoms with Crippen molar-refractivity contribution in [3.05, 3.63) is 0 Å². The molecular weight excluding hydrogens is 236 g/mol. The van der Waals surface area contributed by atoms with Crippen molar-refractivity contribution in [2.75, 3.05) is 72.6 Å². The van der Waals surface area contributed by atoms with Gasteiger partial charge in [0, 0.05) is 19.6 Å². The van der Waals surface area contributed by atoms with Crippen molar-refractivity contribution in [2.45, 2.75) is 6.42 Å². The Morgan fingerprint density at radius 3 is 1.78 bits per heavy atom. The minimum atomic E-state index is 0.376. The molecule has 2 N–H and O–H groups in total. The quantitative estimate of drug-likeness (QED) is 0.619. The highest BCUT2D eigenvalue weighted by Crippen LogP contribution is 1.84. The molecule has 1 heterocycles. The van der Waals surface area contributed by atoms with Crippen LogP contribution in [0.3, 0.4) is 0 Å². The molecule has 0 aromatic carbocycles. The van der Waals surface area contributed by atoms with E-state index in [0.717, 1.165) is 45.8 Å². The lowest BCUT2D eigenvalue weighted by Gasteiger charge is -2.10. The monoisotopic (exact) mass is 262 g/mol. The summed E-state index contributed by atoms with van der Waals surface area (Å²) in [4.78, 5) is 0. The van der Waals surface area contributed by atoms with Gasteiger partial charge in [-0.25, -0.2) is 0 Å². The number of nitrogens with one attached hydrogen (secondary N) is 2. The fraction of sp³-hybridized carbons (Fsp3) is 1.00. The van der Waals surface area contributed by atoms with E-state index >= 15 is 0 Å². The molecule has 6 nitrogen and oxygen atoms in total. The molecule has 0 amide bonds. The third kappa shape index (κ3) is 10.9. The van der Waals surface area contributed by atoms with E-state index in [1.807, 2.05) is 0 Å². The molecule has 0 saturated carbocycles. The maximum absolute atomic E-state index is 5.42. The van der Waals surface area contributed by atoms with E-state index in [2.05, 4.69) is 10.6 Å². The molecule has 0 aliphatic carbocycles. The third-order valence-corrected chi connectivity index (χ3v) is 2.45. The second-order valence-electron chi connectivity index (χ2n) is 4.01. The minimum Gasteiger partial charge on any atom is -0.378 e. The Bertz CT molecular complexity index is 97.1. The lowest BCUT2D eigenvalue weighted by molar-refractivity contribution is -0.0532. The van der Waals surface area contributed by atoms with Crippen LogP contribution in [0.5, 0.6) is 0 Å². The lowest BCUT2D eigenvalue weighted by atomic mass is 10.4. The molecule has 1 fully saturated rings. The van der Waals surface area contributed by atoms with Crippen LogP contribution >= 0.6 is 0 Å². The van der Waals surface area contributed by atoms with Crippen molar-refractivity contribution in [3.63, 3.8) is 0 Å². The van der Waals surface area contributed by atoms with Gasteiger partial charge in [0.2, 0.25) is 0 Å². The summed E-state index contributed by atoms with van der Waals surface area (Å²) in [6, 6.07) is 0. The molecule has 18 heavy (non-hydrogen) atoms. The largest absolute Gasteiger partial charge is 0.378 e. The standard InChI is InChI=1S/C12H26N2O4/c1-2-13-3-7-15-10-11-16-8-4-14-5-9-18-12-17-6-1/h13-14H,1-12H2. The summed E-state index contributed by atoms with van der Waals surface area (Å²) in [5.74, 6) is 0. The van der Waals surface area contributed by atoms with Crippen molar-refractivity contribution in [1.82, 2.24) is 10.6 Å². The Kier molecular flexibility index (Phi) is 11.6. The van der Waals surface area contributed by atoms with E-state index in [1.54, 1.807) is 0 Å². The molecule has 0 aromatic rings. The molecule has 108 valence electrons. The van der Waals surface area contributed by atoms with Gasteiger partial charge in [0.25, 0.3) is 0 Å². The maximum Gasteiger partial charge on any atom is 0.146 e. The first-order chi connectivity index (χ1) is 9.00. The highest BCUT2D eigenvalue weighted by Gasteiger charge is 1.94. The molecule has 0 aromatic heterocycles. The summed E-state index contributed by atoms with van der Waals surface area (Å²) >= 11 is 0.